The largest absolute Gasteiger partial charge is 0.756 e. The maximum atomic E-state index is 12.6. The molecule has 0 heterocycles. The number of phosphoric ester groups is 1. The Morgan fingerprint density at radius 2 is 1.12 bits per heavy atom. The van der Waals surface area contributed by atoms with Crippen LogP contribution in [0.4, 0.5) is 0 Å². The van der Waals surface area contributed by atoms with E-state index in [1.165, 1.54) is 19.3 Å². The lowest BCUT2D eigenvalue weighted by molar-refractivity contribution is -0.870. The van der Waals surface area contributed by atoms with Gasteiger partial charge in [-0.1, -0.05) is 107 Å². The Labute approximate surface area is 311 Å². The number of rotatable bonds is 34. The first-order valence-corrected chi connectivity index (χ1v) is 21.0. The van der Waals surface area contributed by atoms with Gasteiger partial charge < -0.3 is 27.9 Å². The summed E-state index contributed by atoms with van der Waals surface area (Å²) in [5.74, 6) is -0.902. The number of quaternary nitrogens is 1. The third kappa shape index (κ3) is 37.3. The fourth-order valence-corrected chi connectivity index (χ4v) is 5.42. The Hall–Kier alpha value is -2.29. The van der Waals surface area contributed by atoms with E-state index < -0.39 is 32.5 Å². The van der Waals surface area contributed by atoms with Crippen molar-refractivity contribution < 1.29 is 42.1 Å². The summed E-state index contributed by atoms with van der Waals surface area (Å²) in [6, 6.07) is 0. The van der Waals surface area contributed by atoms with E-state index in [4.69, 9.17) is 18.5 Å². The van der Waals surface area contributed by atoms with Crippen LogP contribution in [0, 0.1) is 0 Å². The first-order chi connectivity index (χ1) is 24.5. The number of hydrogen-bond acceptors (Lipinski definition) is 8. The first kappa shape index (κ1) is 48.7. The van der Waals surface area contributed by atoms with Gasteiger partial charge in [-0.3, -0.25) is 14.2 Å². The summed E-state index contributed by atoms with van der Waals surface area (Å²) in [5.41, 5.74) is 0. The van der Waals surface area contributed by atoms with E-state index in [1.54, 1.807) is 0 Å². The molecule has 0 spiro atoms. The van der Waals surface area contributed by atoms with Crippen LogP contribution in [-0.2, 0) is 32.7 Å². The molecule has 0 fully saturated rings. The number of esters is 2. The standard InChI is InChI=1S/C41H72NO8P/c1-6-8-10-12-14-16-18-20-21-22-24-26-28-30-32-34-41(44)50-39(38-49-51(45,46)48-36-35-42(3,4)5)37-47-40(43)33-31-29-27-25-23-19-17-15-13-11-9-7-2/h8,10,14-17,20-21,24,26,39H,6-7,9,11-13,18-19,22-23,25,27-38H2,1-5H3/b10-8-,16-14-,17-15-,21-20-,26-24-. The molecule has 294 valence electrons. The highest BCUT2D eigenvalue weighted by atomic mass is 31.2. The number of ether oxygens (including phenoxy) is 2. The smallest absolute Gasteiger partial charge is 0.306 e. The van der Waals surface area contributed by atoms with Crippen LogP contribution >= 0.6 is 7.82 Å². The summed E-state index contributed by atoms with van der Waals surface area (Å²) in [6.07, 6.45) is 38.2. The lowest BCUT2D eigenvalue weighted by Crippen LogP contribution is -2.37. The molecule has 0 saturated heterocycles. The molecule has 9 nitrogen and oxygen atoms in total. The minimum atomic E-state index is -4.63. The molecule has 0 aliphatic heterocycles. The number of hydrogen-bond donors (Lipinski definition) is 0. The highest BCUT2D eigenvalue weighted by molar-refractivity contribution is 7.45. The maximum absolute atomic E-state index is 12.6. The molecule has 0 N–H and O–H groups in total. The molecule has 0 bridgehead atoms. The fraction of sp³-hybridized carbons (Fsp3) is 0.707. The molecule has 0 aromatic carbocycles. The first-order valence-electron chi connectivity index (χ1n) is 19.5. The predicted molar refractivity (Wildman–Crippen MR) is 208 cm³/mol. The average Bonchev–Trinajstić information content (AvgIpc) is 3.07. The second kappa shape index (κ2) is 33.5. The number of nitrogens with zero attached hydrogens (tertiary/aromatic N) is 1. The maximum Gasteiger partial charge on any atom is 0.306 e. The minimum absolute atomic E-state index is 0.0429. The summed E-state index contributed by atoms with van der Waals surface area (Å²) in [4.78, 5) is 37.3. The number of unbranched alkanes of at least 4 members (excludes halogenated alkanes) is 10. The third-order valence-electron chi connectivity index (χ3n) is 7.77. The van der Waals surface area contributed by atoms with E-state index in [2.05, 4.69) is 74.6 Å². The average molecular weight is 738 g/mol. The van der Waals surface area contributed by atoms with Crippen LogP contribution in [0.25, 0.3) is 0 Å². The molecule has 0 rings (SSSR count). The normalized spacial score (nSPS) is 14.4. The van der Waals surface area contributed by atoms with Gasteiger partial charge in [0.05, 0.1) is 27.7 Å². The number of allylic oxidation sites excluding steroid dienone is 10. The summed E-state index contributed by atoms with van der Waals surface area (Å²) in [6.45, 7) is 3.99. The summed E-state index contributed by atoms with van der Waals surface area (Å²) in [7, 11) is 1.12. The van der Waals surface area contributed by atoms with Gasteiger partial charge >= 0.3 is 11.9 Å². The molecule has 0 saturated carbocycles. The Kier molecular flexibility index (Phi) is 32.0. The van der Waals surface area contributed by atoms with E-state index >= 15 is 0 Å². The lowest BCUT2D eigenvalue weighted by Gasteiger charge is -2.28. The van der Waals surface area contributed by atoms with Gasteiger partial charge in [-0.25, -0.2) is 0 Å². The van der Waals surface area contributed by atoms with Gasteiger partial charge in [-0.15, -0.1) is 0 Å². The highest BCUT2D eigenvalue weighted by Crippen LogP contribution is 2.38. The second-order valence-corrected chi connectivity index (χ2v) is 15.3. The number of carbonyl (C=O) groups is 2. The molecule has 0 aliphatic carbocycles. The van der Waals surface area contributed by atoms with Gasteiger partial charge in [0, 0.05) is 12.8 Å². The van der Waals surface area contributed by atoms with Crippen LogP contribution in [0.1, 0.15) is 136 Å². The van der Waals surface area contributed by atoms with Crippen molar-refractivity contribution in [1.82, 2.24) is 0 Å². The highest BCUT2D eigenvalue weighted by Gasteiger charge is 2.21. The zero-order valence-electron chi connectivity index (χ0n) is 32.8. The molecule has 0 aromatic heterocycles. The topological polar surface area (TPSA) is 111 Å². The van der Waals surface area contributed by atoms with Crippen LogP contribution in [0.3, 0.4) is 0 Å². The summed E-state index contributed by atoms with van der Waals surface area (Å²) >= 11 is 0. The van der Waals surface area contributed by atoms with Crippen molar-refractivity contribution in [3.8, 4) is 0 Å². The molecule has 0 aliphatic rings. The van der Waals surface area contributed by atoms with E-state index in [-0.39, 0.29) is 26.1 Å². The van der Waals surface area contributed by atoms with Crippen molar-refractivity contribution in [2.75, 3.05) is 47.5 Å². The molecule has 2 unspecified atom stereocenters. The van der Waals surface area contributed by atoms with Gasteiger partial charge in [0.15, 0.2) is 6.10 Å². The molecule has 0 aromatic rings. The van der Waals surface area contributed by atoms with E-state index in [0.29, 0.717) is 23.9 Å². The summed E-state index contributed by atoms with van der Waals surface area (Å²) in [5, 5.41) is 0. The van der Waals surface area contributed by atoms with Crippen molar-refractivity contribution in [2.45, 2.75) is 142 Å². The lowest BCUT2D eigenvalue weighted by atomic mass is 10.1. The van der Waals surface area contributed by atoms with Crippen LogP contribution in [-0.4, -0.2) is 70.0 Å². The third-order valence-corrected chi connectivity index (χ3v) is 8.74. The quantitative estimate of drug-likeness (QED) is 0.0211. The molecule has 0 amide bonds. The predicted octanol–water partition coefficient (Wildman–Crippen LogP) is 9.88. The van der Waals surface area contributed by atoms with Gasteiger partial charge in [0.25, 0.3) is 7.82 Å². The van der Waals surface area contributed by atoms with Crippen molar-refractivity contribution in [2.24, 2.45) is 0 Å². The van der Waals surface area contributed by atoms with Gasteiger partial charge in [-0.2, -0.15) is 0 Å². The van der Waals surface area contributed by atoms with Gasteiger partial charge in [0.2, 0.25) is 0 Å². The summed E-state index contributed by atoms with van der Waals surface area (Å²) < 4.78 is 33.7. The Morgan fingerprint density at radius 3 is 1.73 bits per heavy atom. The number of likely N-dealkylation sites (N-methyl/N-ethyl adjacent to an activating group) is 1. The molecule has 2 atom stereocenters. The number of phosphoric acid groups is 1. The van der Waals surface area contributed by atoms with Crippen LogP contribution in [0.2, 0.25) is 0 Å². The Balaban J connectivity index is 4.54. The Morgan fingerprint density at radius 1 is 0.627 bits per heavy atom. The van der Waals surface area contributed by atoms with E-state index in [1.807, 2.05) is 21.1 Å². The molecular weight excluding hydrogens is 665 g/mol. The van der Waals surface area contributed by atoms with Crippen LogP contribution in [0.5, 0.6) is 0 Å². The second-order valence-electron chi connectivity index (χ2n) is 13.9. The van der Waals surface area contributed by atoms with Crippen molar-refractivity contribution >= 4 is 19.8 Å². The monoisotopic (exact) mass is 737 g/mol. The fourth-order valence-electron chi connectivity index (χ4n) is 4.70. The zero-order valence-corrected chi connectivity index (χ0v) is 33.7. The molecule has 51 heavy (non-hydrogen) atoms. The Bertz CT molecular complexity index is 1060. The zero-order chi connectivity index (χ0) is 37.9. The van der Waals surface area contributed by atoms with Crippen molar-refractivity contribution in [3.05, 3.63) is 60.8 Å². The minimum Gasteiger partial charge on any atom is -0.756 e. The van der Waals surface area contributed by atoms with Gasteiger partial charge in [-0.05, 0) is 77.0 Å². The van der Waals surface area contributed by atoms with Crippen LogP contribution < -0.4 is 4.89 Å². The van der Waals surface area contributed by atoms with Crippen molar-refractivity contribution in [3.63, 3.8) is 0 Å². The molecular formula is C41H72NO8P. The number of carbonyl (C=O) groups excluding carboxylic acids is 2. The van der Waals surface area contributed by atoms with Crippen molar-refractivity contribution in [1.29, 1.82) is 0 Å². The van der Waals surface area contributed by atoms with Crippen LogP contribution in [0.15, 0.2) is 60.8 Å². The SMILES string of the molecule is CC/C=C\C/C=C\C/C=C\C/C=C\CCCCC(=O)OC(COC(=O)CCCCCCC/C=C\CCCCC)COP(=O)([O-])OCC[N+](C)(C)C. The molecule has 0 radical (unpaired) electrons. The van der Waals surface area contributed by atoms with E-state index in [0.717, 1.165) is 77.0 Å². The van der Waals surface area contributed by atoms with E-state index in [9.17, 15) is 19.0 Å². The van der Waals surface area contributed by atoms with Gasteiger partial charge in [0.1, 0.15) is 19.8 Å². The molecule has 10 heteroatoms.